The summed E-state index contributed by atoms with van der Waals surface area (Å²) in [5, 5.41) is 0.172. The van der Waals surface area contributed by atoms with E-state index in [0.29, 0.717) is 0 Å². The Bertz CT molecular complexity index is 724. The van der Waals surface area contributed by atoms with E-state index in [0.717, 1.165) is 35.8 Å². The molecule has 1 fully saturated rings. The lowest BCUT2D eigenvalue weighted by molar-refractivity contribution is 0.296. The SMILES string of the molecule is CC/C=C/C1CCC(CCc2ccc(-c3ccc(Cl)c(F)c3)cc2)CC1. The molecule has 0 unspecified atom stereocenters. The Morgan fingerprint density at radius 2 is 1.69 bits per heavy atom. The minimum absolute atomic E-state index is 0.172. The second-order valence-corrected chi connectivity index (χ2v) is 7.89. The normalized spacial score (nSPS) is 20.6. The Morgan fingerprint density at radius 1 is 1.00 bits per heavy atom. The van der Waals surface area contributed by atoms with Gasteiger partial charge in [-0.1, -0.05) is 61.0 Å². The zero-order chi connectivity index (χ0) is 18.4. The van der Waals surface area contributed by atoms with Crippen molar-refractivity contribution in [3.05, 3.63) is 71.0 Å². The highest BCUT2D eigenvalue weighted by Crippen LogP contribution is 2.32. The van der Waals surface area contributed by atoms with Crippen molar-refractivity contribution in [2.75, 3.05) is 0 Å². The van der Waals surface area contributed by atoms with Gasteiger partial charge in [-0.15, -0.1) is 0 Å². The number of aryl methyl sites for hydroxylation is 1. The fraction of sp³-hybridized carbons (Fsp3) is 0.417. The van der Waals surface area contributed by atoms with E-state index in [1.54, 1.807) is 6.07 Å². The fourth-order valence-corrected chi connectivity index (χ4v) is 4.03. The van der Waals surface area contributed by atoms with Gasteiger partial charge < -0.3 is 0 Å². The number of allylic oxidation sites excluding steroid dienone is 2. The van der Waals surface area contributed by atoms with Crippen LogP contribution in [0.15, 0.2) is 54.6 Å². The average Bonchev–Trinajstić information content (AvgIpc) is 2.68. The molecule has 3 rings (SSSR count). The van der Waals surface area contributed by atoms with Crippen LogP contribution in [0, 0.1) is 17.7 Å². The van der Waals surface area contributed by atoms with Gasteiger partial charge in [0, 0.05) is 0 Å². The zero-order valence-electron chi connectivity index (χ0n) is 15.6. The van der Waals surface area contributed by atoms with Crippen LogP contribution in [0.25, 0.3) is 11.1 Å². The zero-order valence-corrected chi connectivity index (χ0v) is 16.3. The lowest BCUT2D eigenvalue weighted by Crippen LogP contribution is -2.13. The molecule has 2 aromatic carbocycles. The van der Waals surface area contributed by atoms with Crippen molar-refractivity contribution in [2.24, 2.45) is 11.8 Å². The van der Waals surface area contributed by atoms with Gasteiger partial charge in [0.15, 0.2) is 0 Å². The Kier molecular flexibility index (Phi) is 6.91. The third-order valence-corrected chi connectivity index (χ3v) is 5.89. The smallest absolute Gasteiger partial charge is 0.142 e. The van der Waals surface area contributed by atoms with Gasteiger partial charge in [0.2, 0.25) is 0 Å². The van der Waals surface area contributed by atoms with Crippen molar-refractivity contribution in [3.63, 3.8) is 0 Å². The highest BCUT2D eigenvalue weighted by Gasteiger charge is 2.19. The summed E-state index contributed by atoms with van der Waals surface area (Å²) < 4.78 is 13.6. The van der Waals surface area contributed by atoms with Crippen molar-refractivity contribution in [3.8, 4) is 11.1 Å². The van der Waals surface area contributed by atoms with Crippen molar-refractivity contribution < 1.29 is 4.39 Å². The first kappa shape index (κ1) is 19.2. The lowest BCUT2D eigenvalue weighted by atomic mass is 9.79. The largest absolute Gasteiger partial charge is 0.205 e. The molecule has 2 aromatic rings. The number of benzene rings is 2. The summed E-state index contributed by atoms with van der Waals surface area (Å²) in [5.74, 6) is 1.31. The fourth-order valence-electron chi connectivity index (χ4n) is 3.91. The van der Waals surface area contributed by atoms with Crippen LogP contribution in [0.1, 0.15) is 51.0 Å². The third-order valence-electron chi connectivity index (χ3n) is 5.58. The summed E-state index contributed by atoms with van der Waals surface area (Å²) in [5.41, 5.74) is 3.28. The van der Waals surface area contributed by atoms with E-state index in [9.17, 15) is 4.39 Å². The Balaban J connectivity index is 1.50. The second kappa shape index (κ2) is 9.37. The molecule has 0 N–H and O–H groups in total. The van der Waals surface area contributed by atoms with Gasteiger partial charge in [0.05, 0.1) is 5.02 Å². The number of halogens is 2. The third kappa shape index (κ3) is 5.20. The second-order valence-electron chi connectivity index (χ2n) is 7.48. The molecule has 138 valence electrons. The van der Waals surface area contributed by atoms with Crippen LogP contribution >= 0.6 is 11.6 Å². The van der Waals surface area contributed by atoms with E-state index in [2.05, 4.69) is 43.3 Å². The van der Waals surface area contributed by atoms with Crippen molar-refractivity contribution in [2.45, 2.75) is 51.9 Å². The highest BCUT2D eigenvalue weighted by molar-refractivity contribution is 6.30. The molecule has 0 spiro atoms. The van der Waals surface area contributed by atoms with E-state index in [1.165, 1.54) is 43.7 Å². The predicted octanol–water partition coefficient (Wildman–Crippen LogP) is 7.85. The average molecular weight is 371 g/mol. The summed E-state index contributed by atoms with van der Waals surface area (Å²) in [6.45, 7) is 2.21. The van der Waals surface area contributed by atoms with E-state index in [1.807, 2.05) is 6.07 Å². The van der Waals surface area contributed by atoms with Crippen LogP contribution in [-0.4, -0.2) is 0 Å². The molecule has 1 aliphatic rings. The molecule has 0 nitrogen and oxygen atoms in total. The quantitative estimate of drug-likeness (QED) is 0.454. The molecule has 0 bridgehead atoms. The Hall–Kier alpha value is -1.60. The minimum Gasteiger partial charge on any atom is -0.205 e. The maximum atomic E-state index is 13.6. The van der Waals surface area contributed by atoms with Gasteiger partial charge in [-0.3, -0.25) is 0 Å². The topological polar surface area (TPSA) is 0 Å². The standard InChI is InChI=1S/C24H28ClF/c1-2-3-4-18-5-7-19(8-6-18)9-10-20-11-13-21(14-12-20)22-15-16-23(25)24(26)17-22/h3-4,11-19H,2,5-10H2,1H3/b4-3+. The molecule has 2 heteroatoms. The van der Waals surface area contributed by atoms with Crippen LogP contribution in [0.4, 0.5) is 4.39 Å². The molecule has 0 saturated heterocycles. The number of hydrogen-bond donors (Lipinski definition) is 0. The van der Waals surface area contributed by atoms with Crippen LogP contribution in [-0.2, 0) is 6.42 Å². The number of rotatable bonds is 6. The van der Waals surface area contributed by atoms with Gasteiger partial charge in [0.25, 0.3) is 0 Å². The van der Waals surface area contributed by atoms with Gasteiger partial charge in [-0.25, -0.2) is 4.39 Å². The van der Waals surface area contributed by atoms with Crippen LogP contribution in [0.3, 0.4) is 0 Å². The molecular formula is C24H28ClF. The molecule has 1 saturated carbocycles. The van der Waals surface area contributed by atoms with E-state index in [4.69, 9.17) is 11.6 Å². The molecule has 0 radical (unpaired) electrons. The molecule has 0 aromatic heterocycles. The molecule has 0 atom stereocenters. The van der Waals surface area contributed by atoms with Crippen LogP contribution in [0.5, 0.6) is 0 Å². The van der Waals surface area contributed by atoms with Crippen LogP contribution < -0.4 is 0 Å². The summed E-state index contributed by atoms with van der Waals surface area (Å²) in [4.78, 5) is 0. The van der Waals surface area contributed by atoms with E-state index < -0.39 is 0 Å². The van der Waals surface area contributed by atoms with Crippen molar-refractivity contribution >= 4 is 11.6 Å². The molecule has 1 aliphatic carbocycles. The maximum Gasteiger partial charge on any atom is 0.142 e. The van der Waals surface area contributed by atoms with Gasteiger partial charge in [-0.2, -0.15) is 0 Å². The van der Waals surface area contributed by atoms with E-state index in [-0.39, 0.29) is 10.8 Å². The van der Waals surface area contributed by atoms with E-state index >= 15 is 0 Å². The first-order chi connectivity index (χ1) is 12.7. The predicted molar refractivity (Wildman–Crippen MR) is 110 cm³/mol. The molecule has 0 heterocycles. The monoisotopic (exact) mass is 370 g/mol. The van der Waals surface area contributed by atoms with Crippen molar-refractivity contribution in [1.82, 2.24) is 0 Å². The lowest BCUT2D eigenvalue weighted by Gasteiger charge is -2.26. The molecule has 0 aliphatic heterocycles. The highest BCUT2D eigenvalue weighted by atomic mass is 35.5. The molecule has 0 amide bonds. The molecular weight excluding hydrogens is 343 g/mol. The van der Waals surface area contributed by atoms with Crippen molar-refractivity contribution in [1.29, 1.82) is 0 Å². The summed E-state index contributed by atoms with van der Waals surface area (Å²) in [6.07, 6.45) is 13.7. The van der Waals surface area contributed by atoms with Gasteiger partial charge >= 0.3 is 0 Å². The first-order valence-corrected chi connectivity index (χ1v) is 10.2. The maximum absolute atomic E-state index is 13.6. The molecule has 26 heavy (non-hydrogen) atoms. The Morgan fingerprint density at radius 3 is 2.35 bits per heavy atom. The van der Waals surface area contributed by atoms with Gasteiger partial charge in [0.1, 0.15) is 5.82 Å². The van der Waals surface area contributed by atoms with Gasteiger partial charge in [-0.05, 0) is 85.6 Å². The number of hydrogen-bond acceptors (Lipinski definition) is 0. The Labute approximate surface area is 162 Å². The van der Waals surface area contributed by atoms with Crippen LogP contribution in [0.2, 0.25) is 5.02 Å². The summed E-state index contributed by atoms with van der Waals surface area (Å²) in [7, 11) is 0. The first-order valence-electron chi connectivity index (χ1n) is 9.86. The summed E-state index contributed by atoms with van der Waals surface area (Å²) in [6, 6.07) is 13.5. The summed E-state index contributed by atoms with van der Waals surface area (Å²) >= 11 is 5.76. The minimum atomic E-state index is -0.363.